The Morgan fingerprint density at radius 3 is 2.71 bits per heavy atom. The summed E-state index contributed by atoms with van der Waals surface area (Å²) in [6, 6.07) is 5.12. The van der Waals surface area contributed by atoms with E-state index in [4.69, 9.17) is 24.7 Å². The van der Waals surface area contributed by atoms with Gasteiger partial charge in [-0.3, -0.25) is 9.59 Å². The van der Waals surface area contributed by atoms with Crippen LogP contribution < -0.4 is 5.73 Å². The molecule has 12 nitrogen and oxygen atoms in total. The highest BCUT2D eigenvalue weighted by Crippen LogP contribution is 2.42. The van der Waals surface area contributed by atoms with Crippen molar-refractivity contribution >= 4 is 23.3 Å². The number of esters is 2. The lowest BCUT2D eigenvalue weighted by atomic mass is 9.92. The van der Waals surface area contributed by atoms with Gasteiger partial charge >= 0.3 is 11.9 Å². The fraction of sp³-hybridized carbons (Fsp3) is 0.591. The third kappa shape index (κ3) is 4.68. The molecule has 3 rings (SSSR count). The van der Waals surface area contributed by atoms with Crippen molar-refractivity contribution in [2.45, 2.75) is 58.5 Å². The zero-order chi connectivity index (χ0) is 25.3. The van der Waals surface area contributed by atoms with Crippen LogP contribution in [0.4, 0.5) is 5.82 Å². The Labute approximate surface area is 196 Å². The summed E-state index contributed by atoms with van der Waals surface area (Å²) < 4.78 is 23.3. The van der Waals surface area contributed by atoms with Crippen molar-refractivity contribution in [1.29, 1.82) is 5.26 Å². The SMILES string of the molecule is CC(C)C(=O)O[C@H]1[C@@H](O)[C@](C#N)(c2ccc3c(N)ncnn23)O[C@@H]1COCOC(=O)C(C)(C)C. The lowest BCUT2D eigenvalue weighted by molar-refractivity contribution is -0.173. The second-order valence-electron chi connectivity index (χ2n) is 9.34. The molecular formula is C22H29N5O7. The average Bonchev–Trinajstić information content (AvgIpc) is 3.32. The highest BCUT2D eigenvalue weighted by molar-refractivity contribution is 5.75. The number of nitrogen functional groups attached to an aromatic ring is 1. The van der Waals surface area contributed by atoms with Crippen molar-refractivity contribution in [3.8, 4) is 6.07 Å². The van der Waals surface area contributed by atoms with Crippen LogP contribution in [0.5, 0.6) is 0 Å². The van der Waals surface area contributed by atoms with E-state index in [0.29, 0.717) is 5.52 Å². The van der Waals surface area contributed by atoms with Crippen LogP contribution in [0, 0.1) is 22.7 Å². The third-order valence-electron chi connectivity index (χ3n) is 5.35. The normalized spacial score (nSPS) is 24.8. The number of aliphatic hydroxyl groups excluding tert-OH is 1. The first-order valence-electron chi connectivity index (χ1n) is 10.7. The van der Waals surface area contributed by atoms with Crippen LogP contribution >= 0.6 is 0 Å². The van der Waals surface area contributed by atoms with Crippen LogP contribution in [0.3, 0.4) is 0 Å². The second-order valence-corrected chi connectivity index (χ2v) is 9.34. The first-order chi connectivity index (χ1) is 15.9. The molecule has 3 heterocycles. The van der Waals surface area contributed by atoms with Gasteiger partial charge in [-0.2, -0.15) is 10.4 Å². The summed E-state index contributed by atoms with van der Waals surface area (Å²) in [7, 11) is 0. The molecule has 1 aliphatic rings. The number of rotatable bonds is 7. The number of aliphatic hydroxyl groups is 1. The van der Waals surface area contributed by atoms with Crippen LogP contribution in [0.15, 0.2) is 18.5 Å². The summed E-state index contributed by atoms with van der Waals surface area (Å²) in [6.07, 6.45) is -2.66. The first-order valence-corrected chi connectivity index (χ1v) is 10.7. The molecule has 0 spiro atoms. The smallest absolute Gasteiger partial charge is 0.313 e. The zero-order valence-electron chi connectivity index (χ0n) is 19.7. The Morgan fingerprint density at radius 1 is 1.38 bits per heavy atom. The molecule has 0 unspecified atom stereocenters. The molecule has 2 aromatic rings. The molecule has 34 heavy (non-hydrogen) atoms. The first kappa shape index (κ1) is 25.4. The van der Waals surface area contributed by atoms with Crippen molar-refractivity contribution in [2.24, 2.45) is 11.3 Å². The van der Waals surface area contributed by atoms with Gasteiger partial charge < -0.3 is 29.8 Å². The van der Waals surface area contributed by atoms with Crippen molar-refractivity contribution in [3.05, 3.63) is 24.2 Å². The highest BCUT2D eigenvalue weighted by atomic mass is 16.7. The standard InChI is InChI=1S/C22H29N5O7/c1-12(2)19(29)33-16-14(8-31-11-32-20(30)21(3,4)5)34-22(9-23,17(16)28)15-7-6-13-18(24)25-10-26-27(13)15/h6-7,10,12,14,16-17,28H,8,11H2,1-5H3,(H2,24,25,26)/t14-,16-,17-,22+/m1/s1. The molecule has 1 fully saturated rings. The molecule has 2 aromatic heterocycles. The molecule has 0 aliphatic carbocycles. The maximum absolute atomic E-state index is 12.3. The number of carbonyl (C=O) groups excluding carboxylic acids is 2. The largest absolute Gasteiger partial charge is 0.456 e. The molecule has 12 heteroatoms. The number of anilines is 1. The summed E-state index contributed by atoms with van der Waals surface area (Å²) in [6.45, 7) is 7.77. The molecule has 1 aliphatic heterocycles. The zero-order valence-corrected chi connectivity index (χ0v) is 19.7. The van der Waals surface area contributed by atoms with Crippen molar-refractivity contribution < 1.29 is 33.6 Å². The van der Waals surface area contributed by atoms with Gasteiger partial charge in [0.05, 0.1) is 23.6 Å². The van der Waals surface area contributed by atoms with Crippen LogP contribution in [0.25, 0.3) is 5.52 Å². The van der Waals surface area contributed by atoms with E-state index in [2.05, 4.69) is 10.1 Å². The van der Waals surface area contributed by atoms with Crippen LogP contribution in [0.1, 0.15) is 40.3 Å². The van der Waals surface area contributed by atoms with Crippen LogP contribution in [0.2, 0.25) is 0 Å². The monoisotopic (exact) mass is 475 g/mol. The molecule has 0 saturated carbocycles. The Hall–Kier alpha value is -3.27. The van der Waals surface area contributed by atoms with E-state index in [1.165, 1.54) is 16.9 Å². The molecule has 3 N–H and O–H groups in total. The van der Waals surface area contributed by atoms with E-state index in [1.54, 1.807) is 40.7 Å². The summed E-state index contributed by atoms with van der Waals surface area (Å²) in [5.41, 5.74) is 3.81. The van der Waals surface area contributed by atoms with Crippen molar-refractivity contribution in [2.75, 3.05) is 19.1 Å². The number of ether oxygens (including phenoxy) is 4. The minimum absolute atomic E-state index is 0.171. The predicted molar refractivity (Wildman–Crippen MR) is 117 cm³/mol. The maximum atomic E-state index is 12.3. The van der Waals surface area contributed by atoms with Gasteiger partial charge in [-0.1, -0.05) is 13.8 Å². The lowest BCUT2D eigenvalue weighted by Crippen LogP contribution is -2.43. The Bertz CT molecular complexity index is 1100. The third-order valence-corrected chi connectivity index (χ3v) is 5.35. The molecule has 4 atom stereocenters. The molecule has 1 saturated heterocycles. The number of hydrogen-bond acceptors (Lipinski definition) is 11. The molecular weight excluding hydrogens is 446 g/mol. The minimum atomic E-state index is -1.95. The lowest BCUT2D eigenvalue weighted by Gasteiger charge is -2.25. The van der Waals surface area contributed by atoms with E-state index in [-0.39, 0.29) is 24.9 Å². The van der Waals surface area contributed by atoms with Gasteiger partial charge in [0.2, 0.25) is 5.60 Å². The van der Waals surface area contributed by atoms with Gasteiger partial charge in [-0.25, -0.2) is 9.50 Å². The molecule has 184 valence electrons. The van der Waals surface area contributed by atoms with Crippen molar-refractivity contribution in [3.63, 3.8) is 0 Å². The fourth-order valence-corrected chi connectivity index (χ4v) is 3.42. The van der Waals surface area contributed by atoms with Gasteiger partial charge in [0, 0.05) is 0 Å². The van der Waals surface area contributed by atoms with Crippen LogP contribution in [-0.4, -0.2) is 63.4 Å². The van der Waals surface area contributed by atoms with E-state index in [0.717, 1.165) is 0 Å². The van der Waals surface area contributed by atoms with Gasteiger partial charge in [-0.05, 0) is 32.9 Å². The van der Waals surface area contributed by atoms with E-state index < -0.39 is 47.2 Å². The topological polar surface area (TPSA) is 171 Å². The van der Waals surface area contributed by atoms with Crippen LogP contribution in [-0.2, 0) is 34.1 Å². The maximum Gasteiger partial charge on any atom is 0.313 e. The molecule has 0 radical (unpaired) electrons. The number of carbonyl (C=O) groups is 2. The van der Waals surface area contributed by atoms with E-state index >= 15 is 0 Å². The van der Waals surface area contributed by atoms with E-state index in [1.807, 2.05) is 6.07 Å². The highest BCUT2D eigenvalue weighted by Gasteiger charge is 2.59. The van der Waals surface area contributed by atoms with Gasteiger partial charge in [0.15, 0.2) is 18.7 Å². The second kappa shape index (κ2) is 9.54. The Kier molecular flexibility index (Phi) is 7.11. The quantitative estimate of drug-likeness (QED) is 0.331. The minimum Gasteiger partial charge on any atom is -0.456 e. The predicted octanol–water partition coefficient (Wildman–Crippen LogP) is 0.921. The Balaban J connectivity index is 1.88. The summed E-state index contributed by atoms with van der Waals surface area (Å²) in [5, 5.41) is 25.4. The summed E-state index contributed by atoms with van der Waals surface area (Å²) in [5.74, 6) is -1.37. The van der Waals surface area contributed by atoms with Gasteiger partial charge in [0.25, 0.3) is 0 Å². The van der Waals surface area contributed by atoms with E-state index in [9.17, 15) is 20.0 Å². The summed E-state index contributed by atoms with van der Waals surface area (Å²) >= 11 is 0. The van der Waals surface area contributed by atoms with Gasteiger partial charge in [0.1, 0.15) is 30.1 Å². The average molecular weight is 476 g/mol. The molecule has 0 aromatic carbocycles. The number of fused-ring (bicyclic) bond motifs is 1. The van der Waals surface area contributed by atoms with Crippen molar-refractivity contribution in [1.82, 2.24) is 14.6 Å². The molecule has 0 bridgehead atoms. The number of nitriles is 1. The number of nitrogens with two attached hydrogens (primary N) is 1. The molecule has 0 amide bonds. The number of hydrogen-bond donors (Lipinski definition) is 2. The fourth-order valence-electron chi connectivity index (χ4n) is 3.42. The Morgan fingerprint density at radius 2 is 2.09 bits per heavy atom. The van der Waals surface area contributed by atoms with Gasteiger partial charge in [-0.15, -0.1) is 0 Å². The number of nitrogens with zero attached hydrogens (tertiary/aromatic N) is 4. The summed E-state index contributed by atoms with van der Waals surface area (Å²) in [4.78, 5) is 28.2. The number of aromatic nitrogens is 3.